The van der Waals surface area contributed by atoms with Gasteiger partial charge in [-0.2, -0.15) is 0 Å². The van der Waals surface area contributed by atoms with Gasteiger partial charge in [0.2, 0.25) is 0 Å². The van der Waals surface area contributed by atoms with Crippen LogP contribution in [0.25, 0.3) is 0 Å². The summed E-state index contributed by atoms with van der Waals surface area (Å²) in [6.45, 7) is 0. The lowest BCUT2D eigenvalue weighted by Crippen LogP contribution is -2.42. The Morgan fingerprint density at radius 2 is 1.90 bits per heavy atom. The van der Waals surface area contributed by atoms with Gasteiger partial charge in [0.05, 0.1) is 5.56 Å². The summed E-state index contributed by atoms with van der Waals surface area (Å²) < 4.78 is 0. The Morgan fingerprint density at radius 1 is 1.25 bits per heavy atom. The number of benzene rings is 1. The lowest BCUT2D eigenvalue weighted by Gasteiger charge is -2.34. The second kappa shape index (κ2) is 6.13. The van der Waals surface area contributed by atoms with Crippen LogP contribution in [0.2, 0.25) is 0 Å². The molecule has 0 unspecified atom stereocenters. The Bertz CT molecular complexity index is 482. The lowest BCUT2D eigenvalue weighted by molar-refractivity contribution is 0.0682. The van der Waals surface area contributed by atoms with Crippen LogP contribution in [-0.4, -0.2) is 47.2 Å². The summed E-state index contributed by atoms with van der Waals surface area (Å²) >= 11 is 0. The zero-order chi connectivity index (χ0) is 14.7. The number of nitrogens with zero attached hydrogens (tertiary/aromatic N) is 1. The molecule has 0 radical (unpaired) electrons. The minimum Gasteiger partial charge on any atom is -0.508 e. The molecule has 0 saturated heterocycles. The van der Waals surface area contributed by atoms with E-state index in [1.54, 1.807) is 11.9 Å². The van der Waals surface area contributed by atoms with Crippen LogP contribution in [0.4, 0.5) is 0 Å². The van der Waals surface area contributed by atoms with Gasteiger partial charge >= 0.3 is 0 Å². The number of amides is 1. The minimum atomic E-state index is -0.244. The molecule has 1 aliphatic carbocycles. The van der Waals surface area contributed by atoms with Gasteiger partial charge in [-0.25, -0.2) is 0 Å². The van der Waals surface area contributed by atoms with E-state index in [0.29, 0.717) is 6.04 Å². The largest absolute Gasteiger partial charge is 0.508 e. The summed E-state index contributed by atoms with van der Waals surface area (Å²) in [6, 6.07) is 4.74. The molecule has 1 fully saturated rings. The maximum atomic E-state index is 12.4. The van der Waals surface area contributed by atoms with Crippen LogP contribution in [0.3, 0.4) is 0 Å². The van der Waals surface area contributed by atoms with Crippen molar-refractivity contribution < 1.29 is 15.0 Å². The number of phenolic OH excluding ortho intramolecular Hbond substituents is 2. The normalized spacial score (nSPS) is 22.5. The van der Waals surface area contributed by atoms with Crippen molar-refractivity contribution in [2.24, 2.45) is 0 Å². The molecule has 1 aliphatic rings. The summed E-state index contributed by atoms with van der Waals surface area (Å²) in [7, 11) is 3.72. The predicted octanol–water partition coefficient (Wildman–Crippen LogP) is 1.70. The molecule has 0 spiro atoms. The number of phenols is 2. The standard InChI is InChI=1S/C15H22N2O3/c1-16-10-3-5-11(6-4-10)17(2)15(20)13-9-12(18)7-8-14(13)19/h7-11,16,18-19H,3-6H2,1-2H3. The van der Waals surface area contributed by atoms with Crippen LogP contribution in [0, 0.1) is 0 Å². The first-order valence-corrected chi connectivity index (χ1v) is 6.99. The SMILES string of the molecule is CNC1CCC(N(C)C(=O)c2cc(O)ccc2O)CC1. The highest BCUT2D eigenvalue weighted by Crippen LogP contribution is 2.27. The predicted molar refractivity (Wildman–Crippen MR) is 77.0 cm³/mol. The average molecular weight is 278 g/mol. The fourth-order valence-corrected chi connectivity index (χ4v) is 2.80. The Morgan fingerprint density at radius 3 is 2.50 bits per heavy atom. The second-order valence-corrected chi connectivity index (χ2v) is 5.41. The molecule has 1 aromatic carbocycles. The molecule has 0 aromatic heterocycles. The number of carbonyl (C=O) groups is 1. The van der Waals surface area contributed by atoms with Crippen molar-refractivity contribution in [3.63, 3.8) is 0 Å². The number of nitrogens with one attached hydrogen (secondary N) is 1. The topological polar surface area (TPSA) is 72.8 Å². The van der Waals surface area contributed by atoms with Gasteiger partial charge in [-0.15, -0.1) is 0 Å². The van der Waals surface area contributed by atoms with E-state index in [1.165, 1.54) is 18.2 Å². The van der Waals surface area contributed by atoms with E-state index in [1.807, 2.05) is 7.05 Å². The fourth-order valence-electron chi connectivity index (χ4n) is 2.80. The Labute approximate surface area is 119 Å². The van der Waals surface area contributed by atoms with Gasteiger partial charge in [0.25, 0.3) is 5.91 Å². The molecule has 2 rings (SSSR count). The van der Waals surface area contributed by atoms with Crippen LogP contribution in [0.1, 0.15) is 36.0 Å². The van der Waals surface area contributed by atoms with E-state index in [-0.39, 0.29) is 29.0 Å². The molecule has 20 heavy (non-hydrogen) atoms. The summed E-state index contributed by atoms with van der Waals surface area (Å²) in [4.78, 5) is 14.1. The summed E-state index contributed by atoms with van der Waals surface area (Å²) in [5.74, 6) is -0.353. The summed E-state index contributed by atoms with van der Waals surface area (Å²) in [6.07, 6.45) is 4.00. The van der Waals surface area contributed by atoms with Crippen molar-refractivity contribution in [1.29, 1.82) is 0 Å². The van der Waals surface area contributed by atoms with E-state index in [2.05, 4.69) is 5.32 Å². The second-order valence-electron chi connectivity index (χ2n) is 5.41. The quantitative estimate of drug-likeness (QED) is 0.736. The molecular weight excluding hydrogens is 256 g/mol. The smallest absolute Gasteiger partial charge is 0.257 e. The van der Waals surface area contributed by atoms with Crippen LogP contribution in [0.5, 0.6) is 11.5 Å². The average Bonchev–Trinajstić information content (AvgIpc) is 2.48. The van der Waals surface area contributed by atoms with Crippen molar-refractivity contribution in [1.82, 2.24) is 10.2 Å². The summed E-state index contributed by atoms with van der Waals surface area (Å²) in [5.41, 5.74) is 0.156. The third kappa shape index (κ3) is 3.04. The Hall–Kier alpha value is -1.75. The van der Waals surface area contributed by atoms with Crippen LogP contribution in [-0.2, 0) is 0 Å². The van der Waals surface area contributed by atoms with Crippen LogP contribution >= 0.6 is 0 Å². The Kier molecular flexibility index (Phi) is 4.49. The molecule has 5 nitrogen and oxygen atoms in total. The summed E-state index contributed by atoms with van der Waals surface area (Å²) in [5, 5.41) is 22.5. The van der Waals surface area contributed by atoms with Gasteiger partial charge in [-0.05, 0) is 50.9 Å². The molecule has 110 valence electrons. The first-order valence-electron chi connectivity index (χ1n) is 6.99. The molecule has 1 amide bonds. The van der Waals surface area contributed by atoms with Crippen molar-refractivity contribution in [3.8, 4) is 11.5 Å². The van der Waals surface area contributed by atoms with Crippen LogP contribution in [0.15, 0.2) is 18.2 Å². The van der Waals surface area contributed by atoms with E-state index < -0.39 is 0 Å². The van der Waals surface area contributed by atoms with Crippen molar-refractivity contribution in [3.05, 3.63) is 23.8 Å². The number of aromatic hydroxyl groups is 2. The maximum Gasteiger partial charge on any atom is 0.257 e. The number of hydrogen-bond acceptors (Lipinski definition) is 4. The first-order chi connectivity index (χ1) is 9.52. The molecule has 0 aliphatic heterocycles. The molecule has 1 saturated carbocycles. The van der Waals surface area contributed by atoms with E-state index in [9.17, 15) is 15.0 Å². The minimum absolute atomic E-state index is 0.0153. The highest BCUT2D eigenvalue weighted by atomic mass is 16.3. The maximum absolute atomic E-state index is 12.4. The van der Waals surface area contributed by atoms with Crippen molar-refractivity contribution in [2.45, 2.75) is 37.8 Å². The third-order valence-corrected chi connectivity index (χ3v) is 4.18. The van der Waals surface area contributed by atoms with Gasteiger partial charge in [0.15, 0.2) is 0 Å². The molecule has 0 bridgehead atoms. The highest BCUT2D eigenvalue weighted by molar-refractivity contribution is 5.97. The monoisotopic (exact) mass is 278 g/mol. The van der Waals surface area contributed by atoms with Gasteiger partial charge < -0.3 is 20.4 Å². The van der Waals surface area contributed by atoms with Crippen LogP contribution < -0.4 is 5.32 Å². The number of carbonyl (C=O) groups excluding carboxylic acids is 1. The highest BCUT2D eigenvalue weighted by Gasteiger charge is 2.27. The fraction of sp³-hybridized carbons (Fsp3) is 0.533. The van der Waals surface area contributed by atoms with Crippen molar-refractivity contribution in [2.75, 3.05) is 14.1 Å². The molecule has 3 N–H and O–H groups in total. The van der Waals surface area contributed by atoms with Gasteiger partial charge in [0.1, 0.15) is 11.5 Å². The van der Waals surface area contributed by atoms with E-state index in [4.69, 9.17) is 0 Å². The number of hydrogen-bond donors (Lipinski definition) is 3. The van der Waals surface area contributed by atoms with Crippen molar-refractivity contribution >= 4 is 5.91 Å². The zero-order valence-electron chi connectivity index (χ0n) is 12.0. The first kappa shape index (κ1) is 14.7. The molecule has 0 atom stereocenters. The molecule has 5 heteroatoms. The van der Waals surface area contributed by atoms with E-state index >= 15 is 0 Å². The van der Waals surface area contributed by atoms with Gasteiger partial charge in [-0.3, -0.25) is 4.79 Å². The molecule has 1 aromatic rings. The third-order valence-electron chi connectivity index (χ3n) is 4.18. The lowest BCUT2D eigenvalue weighted by atomic mass is 9.90. The van der Waals surface area contributed by atoms with Gasteiger partial charge in [-0.1, -0.05) is 0 Å². The van der Waals surface area contributed by atoms with E-state index in [0.717, 1.165) is 25.7 Å². The Balaban J connectivity index is 2.07. The molecule has 0 heterocycles. The van der Waals surface area contributed by atoms with Gasteiger partial charge in [0, 0.05) is 19.1 Å². The molecular formula is C15H22N2O3. The zero-order valence-corrected chi connectivity index (χ0v) is 12.0. The number of rotatable bonds is 3.